The molecule has 2 aromatic rings. The van der Waals surface area contributed by atoms with Gasteiger partial charge in [-0.05, 0) is 12.0 Å². The Morgan fingerprint density at radius 2 is 2.15 bits per heavy atom. The van der Waals surface area contributed by atoms with Gasteiger partial charge in [-0.2, -0.15) is 0 Å². The Bertz CT molecular complexity index is 516. The monoisotopic (exact) mass is 291 g/mol. The van der Waals surface area contributed by atoms with Crippen LogP contribution < -0.4 is 10.6 Å². The summed E-state index contributed by atoms with van der Waals surface area (Å²) >= 11 is 1.49. The number of rotatable bonds is 6. The minimum Gasteiger partial charge on any atom is -0.394 e. The summed E-state index contributed by atoms with van der Waals surface area (Å²) < 4.78 is 0. The Balaban J connectivity index is 1.79. The number of amides is 2. The van der Waals surface area contributed by atoms with E-state index >= 15 is 0 Å². The smallest absolute Gasteiger partial charge is 0.315 e. The Labute approximate surface area is 121 Å². The second-order valence-electron chi connectivity index (χ2n) is 4.32. The second-order valence-corrected chi connectivity index (χ2v) is 5.30. The molecule has 106 valence electrons. The Kier molecular flexibility index (Phi) is 5.52. The number of benzene rings is 1. The van der Waals surface area contributed by atoms with Crippen molar-refractivity contribution in [3.8, 4) is 0 Å². The third-order valence-corrected chi connectivity index (χ3v) is 3.54. The number of carbonyl (C=O) groups is 1. The summed E-state index contributed by atoms with van der Waals surface area (Å²) in [5.74, 6) is 0. The predicted octanol–water partition coefficient (Wildman–Crippen LogP) is 1.55. The molecule has 0 aliphatic rings. The maximum absolute atomic E-state index is 11.7. The molecule has 0 unspecified atom stereocenters. The molecular formula is C14H17N3O2S. The highest BCUT2D eigenvalue weighted by atomic mass is 32.1. The first kappa shape index (κ1) is 14.5. The number of thiazole rings is 1. The Morgan fingerprint density at radius 1 is 1.35 bits per heavy atom. The largest absolute Gasteiger partial charge is 0.394 e. The maximum atomic E-state index is 11.7. The summed E-state index contributed by atoms with van der Waals surface area (Å²) in [7, 11) is 0. The minimum absolute atomic E-state index is 0.0977. The van der Waals surface area contributed by atoms with Crippen LogP contribution in [0.5, 0.6) is 0 Å². The minimum atomic E-state index is -0.298. The van der Waals surface area contributed by atoms with Crippen molar-refractivity contribution in [2.45, 2.75) is 19.0 Å². The molecule has 0 aliphatic heterocycles. The predicted molar refractivity (Wildman–Crippen MR) is 78.5 cm³/mol. The highest BCUT2D eigenvalue weighted by Crippen LogP contribution is 2.04. The fourth-order valence-electron chi connectivity index (χ4n) is 1.79. The molecular weight excluding hydrogens is 274 g/mol. The van der Waals surface area contributed by atoms with Crippen LogP contribution in [0.4, 0.5) is 4.79 Å². The van der Waals surface area contributed by atoms with Crippen LogP contribution in [0.3, 0.4) is 0 Å². The summed E-state index contributed by atoms with van der Waals surface area (Å²) in [6.45, 7) is 0.298. The van der Waals surface area contributed by atoms with Crippen LogP contribution in [-0.2, 0) is 13.0 Å². The lowest BCUT2D eigenvalue weighted by atomic mass is 10.1. The molecule has 0 aliphatic carbocycles. The number of carbonyl (C=O) groups excluding carboxylic acids is 1. The molecule has 0 saturated heterocycles. The van der Waals surface area contributed by atoms with E-state index in [2.05, 4.69) is 15.6 Å². The number of aliphatic hydroxyl groups is 1. The molecule has 20 heavy (non-hydrogen) atoms. The second kappa shape index (κ2) is 7.62. The lowest BCUT2D eigenvalue weighted by Gasteiger charge is -2.16. The number of nitrogens with one attached hydrogen (secondary N) is 2. The van der Waals surface area contributed by atoms with Gasteiger partial charge in [0.25, 0.3) is 0 Å². The van der Waals surface area contributed by atoms with Crippen molar-refractivity contribution < 1.29 is 9.90 Å². The molecule has 0 fully saturated rings. The van der Waals surface area contributed by atoms with E-state index in [0.717, 1.165) is 10.6 Å². The molecule has 6 heteroatoms. The normalized spacial score (nSPS) is 11.8. The topological polar surface area (TPSA) is 74.2 Å². The first-order chi connectivity index (χ1) is 9.78. The molecule has 0 radical (unpaired) electrons. The molecule has 1 aromatic carbocycles. The van der Waals surface area contributed by atoms with E-state index in [1.807, 2.05) is 35.7 Å². The van der Waals surface area contributed by atoms with Crippen LogP contribution in [0.1, 0.15) is 10.6 Å². The van der Waals surface area contributed by atoms with Gasteiger partial charge in [-0.1, -0.05) is 30.3 Å². The summed E-state index contributed by atoms with van der Waals surface area (Å²) in [5, 5.41) is 17.5. The molecule has 5 nitrogen and oxygen atoms in total. The number of aromatic nitrogens is 1. The first-order valence-corrected chi connectivity index (χ1v) is 7.23. The van der Waals surface area contributed by atoms with Gasteiger partial charge in [0, 0.05) is 11.6 Å². The van der Waals surface area contributed by atoms with E-state index in [1.165, 1.54) is 11.3 Å². The lowest BCUT2D eigenvalue weighted by molar-refractivity contribution is 0.215. The summed E-state index contributed by atoms with van der Waals surface area (Å²) in [6.07, 6.45) is 2.30. The molecule has 0 saturated carbocycles. The van der Waals surface area contributed by atoms with Crippen molar-refractivity contribution in [2.24, 2.45) is 0 Å². The Morgan fingerprint density at radius 3 is 2.80 bits per heavy atom. The van der Waals surface area contributed by atoms with Crippen molar-refractivity contribution in [3.05, 3.63) is 52.5 Å². The van der Waals surface area contributed by atoms with Gasteiger partial charge in [0.2, 0.25) is 0 Å². The fraction of sp³-hybridized carbons (Fsp3) is 0.286. The van der Waals surface area contributed by atoms with Crippen LogP contribution in [0.15, 0.2) is 41.9 Å². The molecule has 1 heterocycles. The molecule has 1 aromatic heterocycles. The molecule has 0 bridgehead atoms. The number of urea groups is 1. The van der Waals surface area contributed by atoms with E-state index in [0.29, 0.717) is 13.0 Å². The lowest BCUT2D eigenvalue weighted by Crippen LogP contribution is -2.44. The van der Waals surface area contributed by atoms with Crippen LogP contribution in [0.2, 0.25) is 0 Å². The molecule has 0 spiro atoms. The van der Waals surface area contributed by atoms with E-state index in [1.54, 1.807) is 6.20 Å². The average Bonchev–Trinajstić information content (AvgIpc) is 2.99. The molecule has 2 amide bonds. The van der Waals surface area contributed by atoms with Gasteiger partial charge >= 0.3 is 6.03 Å². The number of hydrogen-bond donors (Lipinski definition) is 3. The maximum Gasteiger partial charge on any atom is 0.315 e. The number of hydrogen-bond acceptors (Lipinski definition) is 4. The van der Waals surface area contributed by atoms with Crippen molar-refractivity contribution >= 4 is 17.4 Å². The van der Waals surface area contributed by atoms with Gasteiger partial charge in [-0.3, -0.25) is 0 Å². The van der Waals surface area contributed by atoms with Crippen molar-refractivity contribution in [3.63, 3.8) is 0 Å². The third kappa shape index (κ3) is 4.64. The zero-order valence-corrected chi connectivity index (χ0v) is 11.8. The highest BCUT2D eigenvalue weighted by Gasteiger charge is 2.11. The zero-order valence-electron chi connectivity index (χ0n) is 11.0. The van der Waals surface area contributed by atoms with E-state index in [9.17, 15) is 9.90 Å². The Hall–Kier alpha value is -1.92. The van der Waals surface area contributed by atoms with Gasteiger partial charge in [-0.15, -0.1) is 11.3 Å². The van der Waals surface area contributed by atoms with Gasteiger partial charge in [0.05, 0.1) is 19.2 Å². The van der Waals surface area contributed by atoms with E-state index in [-0.39, 0.29) is 18.7 Å². The molecule has 1 atom stereocenters. The van der Waals surface area contributed by atoms with E-state index in [4.69, 9.17) is 0 Å². The van der Waals surface area contributed by atoms with Crippen LogP contribution >= 0.6 is 11.3 Å². The summed E-state index contributed by atoms with van der Waals surface area (Å²) in [5.41, 5.74) is 1.08. The van der Waals surface area contributed by atoms with Crippen molar-refractivity contribution in [1.29, 1.82) is 0 Å². The molecule has 3 N–H and O–H groups in total. The first-order valence-electron chi connectivity index (χ1n) is 6.35. The summed E-state index contributed by atoms with van der Waals surface area (Å²) in [4.78, 5) is 15.8. The van der Waals surface area contributed by atoms with Gasteiger partial charge in [0.1, 0.15) is 5.01 Å². The van der Waals surface area contributed by atoms with Crippen LogP contribution in [0, 0.1) is 0 Å². The fourth-order valence-corrected chi connectivity index (χ4v) is 2.35. The quantitative estimate of drug-likeness (QED) is 0.756. The highest BCUT2D eigenvalue weighted by molar-refractivity contribution is 7.09. The van der Waals surface area contributed by atoms with Gasteiger partial charge in [-0.25, -0.2) is 9.78 Å². The van der Waals surface area contributed by atoms with Crippen molar-refractivity contribution in [2.75, 3.05) is 6.61 Å². The number of aliphatic hydroxyl groups excluding tert-OH is 1. The zero-order chi connectivity index (χ0) is 14.2. The number of nitrogens with zero attached hydrogens (tertiary/aromatic N) is 1. The SMILES string of the molecule is O=C(NCc1nccs1)N[C@H](CO)Cc1ccccc1. The average molecular weight is 291 g/mol. The standard InChI is InChI=1S/C14H17N3O2S/c18-10-12(8-11-4-2-1-3-5-11)17-14(19)16-9-13-15-6-7-20-13/h1-7,12,18H,8-10H2,(H2,16,17,19)/t12-/m0/s1. The third-order valence-electron chi connectivity index (χ3n) is 2.76. The molecule has 2 rings (SSSR count). The van der Waals surface area contributed by atoms with Gasteiger partial charge < -0.3 is 15.7 Å². The van der Waals surface area contributed by atoms with Gasteiger partial charge in [0.15, 0.2) is 0 Å². The summed E-state index contributed by atoms with van der Waals surface area (Å²) in [6, 6.07) is 9.16. The van der Waals surface area contributed by atoms with Crippen LogP contribution in [-0.4, -0.2) is 28.8 Å². The van der Waals surface area contributed by atoms with E-state index < -0.39 is 0 Å². The van der Waals surface area contributed by atoms with Crippen LogP contribution in [0.25, 0.3) is 0 Å². The van der Waals surface area contributed by atoms with Crippen molar-refractivity contribution in [1.82, 2.24) is 15.6 Å².